The molecule has 92 valence electrons. The summed E-state index contributed by atoms with van der Waals surface area (Å²) in [6, 6.07) is 2.31. The molecule has 1 aromatic heterocycles. The van der Waals surface area contributed by atoms with Crippen molar-refractivity contribution in [3.05, 3.63) is 22.9 Å². The van der Waals surface area contributed by atoms with E-state index >= 15 is 0 Å². The molecule has 0 unspecified atom stereocenters. The Hall–Kier alpha value is -0.540. The fourth-order valence-corrected chi connectivity index (χ4v) is 4.25. The number of hydrogen-bond acceptors (Lipinski definition) is 3. The predicted octanol–water partition coefficient (Wildman–Crippen LogP) is 3.06. The Balaban J connectivity index is 1.86. The van der Waals surface area contributed by atoms with Gasteiger partial charge in [-0.3, -0.25) is 0 Å². The molecule has 2 N–H and O–H groups in total. The van der Waals surface area contributed by atoms with Gasteiger partial charge in [0, 0.05) is 17.5 Å². The van der Waals surface area contributed by atoms with Gasteiger partial charge in [0.2, 0.25) is 0 Å². The van der Waals surface area contributed by atoms with Crippen LogP contribution in [0.2, 0.25) is 0 Å². The van der Waals surface area contributed by atoms with Gasteiger partial charge >= 0.3 is 0 Å². The van der Waals surface area contributed by atoms with Crippen LogP contribution in [0.4, 0.5) is 0 Å². The molecule has 1 saturated carbocycles. The molecule has 0 aromatic carbocycles. The smallest absolute Gasteiger partial charge is 0.101 e. The molecule has 3 heteroatoms. The van der Waals surface area contributed by atoms with E-state index in [1.807, 2.05) is 11.8 Å². The van der Waals surface area contributed by atoms with Crippen molar-refractivity contribution in [3.63, 3.8) is 0 Å². The molecule has 0 bridgehead atoms. The highest BCUT2D eigenvalue weighted by Crippen LogP contribution is 2.36. The maximum absolute atomic E-state index is 5.87. The highest BCUT2D eigenvalue weighted by molar-refractivity contribution is 7.99. The zero-order valence-electron chi connectivity index (χ0n) is 10.2. The number of thioether (sulfide) groups is 1. The van der Waals surface area contributed by atoms with Crippen LogP contribution in [0.15, 0.2) is 11.1 Å². The van der Waals surface area contributed by atoms with Gasteiger partial charge in [0.15, 0.2) is 0 Å². The first-order chi connectivity index (χ1) is 8.36. The molecule has 0 saturated heterocycles. The number of aromatic nitrogens is 1. The summed E-state index contributed by atoms with van der Waals surface area (Å²) >= 11 is 1.98. The third-order valence-electron chi connectivity index (χ3n) is 3.89. The highest BCUT2D eigenvalue weighted by Gasteiger charge is 2.21. The molecule has 3 rings (SSSR count). The van der Waals surface area contributed by atoms with Crippen molar-refractivity contribution in [3.8, 4) is 0 Å². The first-order valence-electron chi connectivity index (χ1n) is 6.75. The van der Waals surface area contributed by atoms with Gasteiger partial charge in [0.05, 0.1) is 0 Å². The van der Waals surface area contributed by atoms with Gasteiger partial charge < -0.3 is 5.73 Å². The van der Waals surface area contributed by atoms with E-state index in [0.717, 1.165) is 5.25 Å². The standard InChI is InChI=1S/C14H20N2S/c15-9-11-8-10-4-3-7-13(10)16-14(11)17-12-5-1-2-6-12/h8,12H,1-7,9,15H2. The van der Waals surface area contributed by atoms with Crippen molar-refractivity contribution in [1.29, 1.82) is 0 Å². The van der Waals surface area contributed by atoms with Crippen LogP contribution in [0, 0.1) is 0 Å². The molecule has 2 aliphatic rings. The first-order valence-corrected chi connectivity index (χ1v) is 7.63. The van der Waals surface area contributed by atoms with Crippen molar-refractivity contribution >= 4 is 11.8 Å². The number of pyridine rings is 1. The van der Waals surface area contributed by atoms with Gasteiger partial charge in [0.25, 0.3) is 0 Å². The van der Waals surface area contributed by atoms with E-state index in [1.54, 1.807) is 0 Å². The fourth-order valence-electron chi connectivity index (χ4n) is 2.91. The minimum atomic E-state index is 0.634. The van der Waals surface area contributed by atoms with Gasteiger partial charge in [-0.1, -0.05) is 18.9 Å². The van der Waals surface area contributed by atoms with Crippen LogP contribution < -0.4 is 5.73 Å². The van der Waals surface area contributed by atoms with Crippen molar-refractivity contribution < 1.29 is 0 Å². The van der Waals surface area contributed by atoms with E-state index in [1.165, 1.54) is 66.8 Å². The third-order valence-corrected chi connectivity index (χ3v) is 5.27. The number of hydrogen-bond donors (Lipinski definition) is 1. The molecule has 0 atom stereocenters. The SMILES string of the molecule is NCc1cc2c(nc1SC1CCCC1)CCC2. The monoisotopic (exact) mass is 248 g/mol. The predicted molar refractivity (Wildman–Crippen MR) is 72.3 cm³/mol. The maximum atomic E-state index is 5.87. The second-order valence-corrected chi connectivity index (χ2v) is 6.43. The maximum Gasteiger partial charge on any atom is 0.101 e. The zero-order valence-corrected chi connectivity index (χ0v) is 11.1. The average Bonchev–Trinajstić information content (AvgIpc) is 2.98. The summed E-state index contributed by atoms with van der Waals surface area (Å²) in [5, 5.41) is 2.01. The van der Waals surface area contributed by atoms with Crippen LogP contribution in [-0.2, 0) is 19.4 Å². The Bertz CT molecular complexity index is 411. The largest absolute Gasteiger partial charge is 0.326 e. The van der Waals surface area contributed by atoms with Gasteiger partial charge in [-0.05, 0) is 43.2 Å². The van der Waals surface area contributed by atoms with Crippen molar-refractivity contribution in [2.75, 3.05) is 0 Å². The Morgan fingerprint density at radius 2 is 2.06 bits per heavy atom. The Labute approximate surface area is 107 Å². The summed E-state index contributed by atoms with van der Waals surface area (Å²) in [4.78, 5) is 4.87. The second-order valence-electron chi connectivity index (χ2n) is 5.14. The molecular weight excluding hydrogens is 228 g/mol. The highest BCUT2D eigenvalue weighted by atomic mass is 32.2. The van der Waals surface area contributed by atoms with E-state index in [2.05, 4.69) is 6.07 Å². The molecule has 1 fully saturated rings. The number of nitrogens with two attached hydrogens (primary N) is 1. The lowest BCUT2D eigenvalue weighted by atomic mass is 10.1. The van der Waals surface area contributed by atoms with Crippen molar-refractivity contribution in [2.24, 2.45) is 5.73 Å². The van der Waals surface area contributed by atoms with Gasteiger partial charge in [-0.2, -0.15) is 0 Å². The lowest BCUT2D eigenvalue weighted by Gasteiger charge is -2.13. The lowest BCUT2D eigenvalue weighted by molar-refractivity contribution is 0.869. The van der Waals surface area contributed by atoms with Crippen LogP contribution in [0.25, 0.3) is 0 Å². The van der Waals surface area contributed by atoms with E-state index in [9.17, 15) is 0 Å². The van der Waals surface area contributed by atoms with Crippen LogP contribution >= 0.6 is 11.8 Å². The number of aryl methyl sites for hydroxylation is 2. The fraction of sp³-hybridized carbons (Fsp3) is 0.643. The van der Waals surface area contributed by atoms with Crippen LogP contribution in [0.3, 0.4) is 0 Å². The molecule has 0 amide bonds. The molecule has 2 aliphatic carbocycles. The first kappa shape index (κ1) is 11.5. The van der Waals surface area contributed by atoms with E-state index < -0.39 is 0 Å². The molecule has 0 radical (unpaired) electrons. The molecule has 1 aromatic rings. The van der Waals surface area contributed by atoms with Gasteiger partial charge in [-0.15, -0.1) is 11.8 Å². The summed E-state index contributed by atoms with van der Waals surface area (Å²) in [6.07, 6.45) is 9.12. The number of nitrogens with zero attached hydrogens (tertiary/aromatic N) is 1. The van der Waals surface area contributed by atoms with E-state index in [4.69, 9.17) is 10.7 Å². The Morgan fingerprint density at radius 3 is 2.82 bits per heavy atom. The quantitative estimate of drug-likeness (QED) is 0.893. The summed E-state index contributed by atoms with van der Waals surface area (Å²) in [7, 11) is 0. The molecule has 17 heavy (non-hydrogen) atoms. The van der Waals surface area contributed by atoms with Crippen LogP contribution in [-0.4, -0.2) is 10.2 Å². The summed E-state index contributed by atoms with van der Waals surface area (Å²) in [6.45, 7) is 0.634. The second kappa shape index (κ2) is 4.99. The summed E-state index contributed by atoms with van der Waals surface area (Å²) in [5.74, 6) is 0. The number of fused-ring (bicyclic) bond motifs is 1. The topological polar surface area (TPSA) is 38.9 Å². The van der Waals surface area contributed by atoms with Crippen molar-refractivity contribution in [1.82, 2.24) is 4.98 Å². The molecule has 0 spiro atoms. The Kier molecular flexibility index (Phi) is 3.39. The lowest BCUT2D eigenvalue weighted by Crippen LogP contribution is -2.05. The minimum Gasteiger partial charge on any atom is -0.326 e. The minimum absolute atomic E-state index is 0.634. The normalized spacial score (nSPS) is 19.8. The summed E-state index contributed by atoms with van der Waals surface area (Å²) < 4.78 is 0. The molecular formula is C14H20N2S. The van der Waals surface area contributed by atoms with E-state index in [0.29, 0.717) is 6.54 Å². The molecule has 2 nitrogen and oxygen atoms in total. The summed E-state index contributed by atoms with van der Waals surface area (Å²) in [5.41, 5.74) is 9.91. The van der Waals surface area contributed by atoms with Gasteiger partial charge in [-0.25, -0.2) is 4.98 Å². The molecule has 1 heterocycles. The van der Waals surface area contributed by atoms with Crippen molar-refractivity contribution in [2.45, 2.75) is 61.8 Å². The van der Waals surface area contributed by atoms with Gasteiger partial charge in [0.1, 0.15) is 5.03 Å². The third kappa shape index (κ3) is 2.36. The van der Waals surface area contributed by atoms with Crippen LogP contribution in [0.5, 0.6) is 0 Å². The van der Waals surface area contributed by atoms with E-state index in [-0.39, 0.29) is 0 Å². The average molecular weight is 248 g/mol. The molecule has 0 aliphatic heterocycles. The Morgan fingerprint density at radius 1 is 1.24 bits per heavy atom. The zero-order chi connectivity index (χ0) is 11.7. The number of rotatable bonds is 3. The van der Waals surface area contributed by atoms with Crippen LogP contribution in [0.1, 0.15) is 48.9 Å².